The highest BCUT2D eigenvalue weighted by Gasteiger charge is 2.27. The summed E-state index contributed by atoms with van der Waals surface area (Å²) >= 11 is 0. The van der Waals surface area contributed by atoms with E-state index in [1.54, 1.807) is 11.5 Å². The number of hydrogen-bond acceptors (Lipinski definition) is 4. The molecule has 0 fully saturated rings. The highest BCUT2D eigenvalue weighted by molar-refractivity contribution is 5.97. The number of aromatic hydroxyl groups is 1. The van der Waals surface area contributed by atoms with Crippen LogP contribution in [-0.2, 0) is 24.3 Å². The number of pyridine rings is 1. The minimum Gasteiger partial charge on any atom is -0.506 e. The monoisotopic (exact) mass is 370 g/mol. The van der Waals surface area contributed by atoms with Gasteiger partial charge in [0.15, 0.2) is 0 Å². The number of carbonyl (C=O) groups excluding carboxylic acids is 1. The fourth-order valence-corrected chi connectivity index (χ4v) is 3.40. The average molecular weight is 370 g/mol. The molecule has 1 amide bonds. The van der Waals surface area contributed by atoms with E-state index < -0.39 is 11.5 Å². The number of fused-ring (bicyclic) bond motifs is 1. The molecule has 1 aliphatic rings. The first kappa shape index (κ1) is 19.2. The molecule has 0 radical (unpaired) electrons. The third-order valence-electron chi connectivity index (χ3n) is 4.94. The van der Waals surface area contributed by atoms with Crippen LogP contribution in [-0.4, -0.2) is 28.7 Å². The molecular weight excluding hydrogens is 344 g/mol. The molecule has 0 unspecified atom stereocenters. The van der Waals surface area contributed by atoms with Gasteiger partial charge in [0.05, 0.1) is 19.8 Å². The van der Waals surface area contributed by atoms with Crippen LogP contribution in [0.1, 0.15) is 59.4 Å². The minimum atomic E-state index is -0.558. The van der Waals surface area contributed by atoms with Crippen molar-refractivity contribution < 1.29 is 14.6 Å². The number of rotatable bonds is 5. The Kier molecular flexibility index (Phi) is 5.65. The van der Waals surface area contributed by atoms with E-state index in [0.717, 1.165) is 11.3 Å². The predicted molar refractivity (Wildman–Crippen MR) is 103 cm³/mol. The van der Waals surface area contributed by atoms with Crippen molar-refractivity contribution in [1.82, 2.24) is 9.88 Å². The first-order chi connectivity index (χ1) is 12.9. The van der Waals surface area contributed by atoms with Gasteiger partial charge in [0, 0.05) is 24.2 Å². The quantitative estimate of drug-likeness (QED) is 0.848. The van der Waals surface area contributed by atoms with Gasteiger partial charge in [0.25, 0.3) is 11.5 Å². The summed E-state index contributed by atoms with van der Waals surface area (Å²) < 4.78 is 7.06. The summed E-state index contributed by atoms with van der Waals surface area (Å²) in [4.78, 5) is 25.4. The first-order valence-corrected chi connectivity index (χ1v) is 9.36. The van der Waals surface area contributed by atoms with Gasteiger partial charge in [-0.15, -0.1) is 0 Å². The molecule has 6 heteroatoms. The van der Waals surface area contributed by atoms with Crippen LogP contribution < -0.4 is 10.9 Å². The van der Waals surface area contributed by atoms with Gasteiger partial charge in [-0.2, -0.15) is 0 Å². The number of hydrogen-bond donors (Lipinski definition) is 2. The van der Waals surface area contributed by atoms with Crippen molar-refractivity contribution in [2.45, 2.75) is 46.3 Å². The van der Waals surface area contributed by atoms with Crippen molar-refractivity contribution in [2.24, 2.45) is 0 Å². The molecule has 0 atom stereocenters. The highest BCUT2D eigenvalue weighted by Crippen LogP contribution is 2.28. The standard InChI is InChI=1S/C21H26N2O4/c1-4-22-20(25)18-19(24)16-12-27-10-9-17(16)23(21(18)26)11-14-5-7-15(8-6-14)13(2)3/h5-8,13,24H,4,9-12H2,1-3H3,(H,22,25). The van der Waals surface area contributed by atoms with Gasteiger partial charge in [0.2, 0.25) is 0 Å². The number of nitrogens with zero attached hydrogens (tertiary/aromatic N) is 1. The summed E-state index contributed by atoms with van der Waals surface area (Å²) in [5, 5.41) is 13.2. The van der Waals surface area contributed by atoms with Crippen molar-refractivity contribution in [1.29, 1.82) is 0 Å². The highest BCUT2D eigenvalue weighted by atomic mass is 16.5. The summed E-state index contributed by atoms with van der Waals surface area (Å²) in [6.45, 7) is 7.45. The molecule has 0 spiro atoms. The molecule has 1 aromatic heterocycles. The molecular formula is C21H26N2O4. The van der Waals surface area contributed by atoms with Crippen LogP contribution in [0.3, 0.4) is 0 Å². The lowest BCUT2D eigenvalue weighted by Crippen LogP contribution is -2.37. The Morgan fingerprint density at radius 2 is 2.00 bits per heavy atom. The van der Waals surface area contributed by atoms with Crippen molar-refractivity contribution >= 4 is 5.91 Å². The topological polar surface area (TPSA) is 80.6 Å². The molecule has 0 aliphatic carbocycles. The summed E-state index contributed by atoms with van der Waals surface area (Å²) in [7, 11) is 0. The molecule has 144 valence electrons. The molecule has 1 aliphatic heterocycles. The molecule has 0 saturated carbocycles. The summed E-state index contributed by atoms with van der Waals surface area (Å²) in [6, 6.07) is 8.13. The number of nitrogens with one attached hydrogen (secondary N) is 1. The number of benzene rings is 1. The third kappa shape index (κ3) is 3.76. The minimum absolute atomic E-state index is 0.195. The maximum absolute atomic E-state index is 13.1. The largest absolute Gasteiger partial charge is 0.506 e. The van der Waals surface area contributed by atoms with E-state index >= 15 is 0 Å². The lowest BCUT2D eigenvalue weighted by molar-refractivity contribution is 0.0940. The average Bonchev–Trinajstić information content (AvgIpc) is 2.66. The molecule has 1 aromatic carbocycles. The van der Waals surface area contributed by atoms with Crippen molar-refractivity contribution in [3.05, 3.63) is 62.6 Å². The van der Waals surface area contributed by atoms with Gasteiger partial charge in [-0.05, 0) is 24.0 Å². The van der Waals surface area contributed by atoms with Crippen LogP contribution in [0.4, 0.5) is 0 Å². The Hall–Kier alpha value is -2.60. The maximum Gasteiger partial charge on any atom is 0.267 e. The normalized spacial score (nSPS) is 13.5. The third-order valence-corrected chi connectivity index (χ3v) is 4.94. The van der Waals surface area contributed by atoms with Crippen molar-refractivity contribution in [3.8, 4) is 5.75 Å². The van der Waals surface area contributed by atoms with Gasteiger partial charge < -0.3 is 19.7 Å². The van der Waals surface area contributed by atoms with Gasteiger partial charge in [0.1, 0.15) is 11.3 Å². The van der Waals surface area contributed by atoms with E-state index in [2.05, 4.69) is 31.3 Å². The smallest absolute Gasteiger partial charge is 0.267 e. The lowest BCUT2D eigenvalue weighted by Gasteiger charge is -2.24. The number of aromatic nitrogens is 1. The van der Waals surface area contributed by atoms with Crippen molar-refractivity contribution in [2.75, 3.05) is 13.2 Å². The second kappa shape index (κ2) is 7.96. The Balaban J connectivity index is 2.09. The Bertz CT molecular complexity index is 898. The van der Waals surface area contributed by atoms with Gasteiger partial charge >= 0.3 is 0 Å². The van der Waals surface area contributed by atoms with Crippen LogP contribution in [0, 0.1) is 0 Å². The molecule has 2 N–H and O–H groups in total. The Morgan fingerprint density at radius 3 is 2.63 bits per heavy atom. The lowest BCUT2D eigenvalue weighted by atomic mass is 10.0. The first-order valence-electron chi connectivity index (χ1n) is 9.36. The molecule has 2 heterocycles. The molecule has 0 saturated heterocycles. The van der Waals surface area contributed by atoms with Crippen LogP contribution >= 0.6 is 0 Å². The molecule has 6 nitrogen and oxygen atoms in total. The second-order valence-corrected chi connectivity index (χ2v) is 7.10. The molecule has 3 rings (SSSR count). The zero-order valence-electron chi connectivity index (χ0n) is 16.0. The maximum atomic E-state index is 13.1. The number of amides is 1. The van der Waals surface area contributed by atoms with Gasteiger partial charge in [-0.1, -0.05) is 38.1 Å². The second-order valence-electron chi connectivity index (χ2n) is 7.10. The van der Waals surface area contributed by atoms with Crippen LogP contribution in [0.2, 0.25) is 0 Å². The predicted octanol–water partition coefficient (Wildman–Crippen LogP) is 2.55. The van der Waals surface area contributed by atoms with Gasteiger partial charge in [-0.3, -0.25) is 9.59 Å². The van der Waals surface area contributed by atoms with Crippen LogP contribution in [0.15, 0.2) is 29.1 Å². The molecule has 2 aromatic rings. The zero-order chi connectivity index (χ0) is 19.6. The number of ether oxygens (including phenoxy) is 1. The fraction of sp³-hybridized carbons (Fsp3) is 0.429. The zero-order valence-corrected chi connectivity index (χ0v) is 16.0. The van der Waals surface area contributed by atoms with Crippen molar-refractivity contribution in [3.63, 3.8) is 0 Å². The van der Waals surface area contributed by atoms with Gasteiger partial charge in [-0.25, -0.2) is 0 Å². The summed E-state index contributed by atoms with van der Waals surface area (Å²) in [5.74, 6) is -0.381. The van der Waals surface area contributed by atoms with E-state index in [0.29, 0.717) is 37.6 Å². The summed E-state index contributed by atoms with van der Waals surface area (Å²) in [6.07, 6.45) is 0.526. The van der Waals surface area contributed by atoms with E-state index in [1.807, 2.05) is 12.1 Å². The van der Waals surface area contributed by atoms with E-state index in [9.17, 15) is 14.7 Å². The summed E-state index contributed by atoms with van der Waals surface area (Å²) in [5.41, 5.74) is 2.80. The number of carbonyl (C=O) groups is 1. The van der Waals surface area contributed by atoms with Crippen LogP contribution in [0.5, 0.6) is 5.75 Å². The van der Waals surface area contributed by atoms with E-state index in [1.165, 1.54) is 5.56 Å². The van der Waals surface area contributed by atoms with Crippen LogP contribution in [0.25, 0.3) is 0 Å². The SMILES string of the molecule is CCNC(=O)c1c(O)c2c(n(Cc3ccc(C(C)C)cc3)c1=O)CCOC2. The molecule has 27 heavy (non-hydrogen) atoms. The Morgan fingerprint density at radius 1 is 1.30 bits per heavy atom. The molecule has 0 bridgehead atoms. The Labute approximate surface area is 158 Å². The van der Waals surface area contributed by atoms with E-state index in [-0.39, 0.29) is 17.9 Å². The van der Waals surface area contributed by atoms with E-state index in [4.69, 9.17) is 4.74 Å². The fourth-order valence-electron chi connectivity index (χ4n) is 3.40.